The first-order chi connectivity index (χ1) is 4.33. The van der Waals surface area contributed by atoms with Crippen LogP contribution >= 0.6 is 0 Å². The van der Waals surface area contributed by atoms with Crippen LogP contribution in [-0.2, 0) is 4.57 Å². The minimum atomic E-state index is -0.406. The summed E-state index contributed by atoms with van der Waals surface area (Å²) >= 11 is 0. The molecule has 3 nitrogen and oxygen atoms in total. The molecule has 5 heteroatoms. The molecule has 54 valence electrons. The summed E-state index contributed by atoms with van der Waals surface area (Å²) in [6.07, 6.45) is 2.64. The van der Waals surface area contributed by atoms with Crippen molar-refractivity contribution in [3.8, 4) is 0 Å². The molecule has 0 aliphatic rings. The van der Waals surface area contributed by atoms with Crippen molar-refractivity contribution in [2.75, 3.05) is 0 Å². The van der Waals surface area contributed by atoms with Gasteiger partial charge in [-0.25, -0.2) is 0 Å². The molecule has 2 N–H and O–H groups in total. The second-order valence-corrected chi connectivity index (χ2v) is 1.46. The zero-order valence-corrected chi connectivity index (χ0v) is 6.13. The van der Waals surface area contributed by atoms with E-state index in [1.807, 2.05) is 0 Å². The molecule has 0 saturated heterocycles. The summed E-state index contributed by atoms with van der Waals surface area (Å²) < 4.78 is 3.94. The molecule has 0 aliphatic heterocycles. The summed E-state index contributed by atoms with van der Waals surface area (Å²) in [4.78, 5) is 0. The molecule has 0 heterocycles. The summed E-state index contributed by atoms with van der Waals surface area (Å²) in [7, 11) is -0.812. The Hall–Kier alpha value is 0.00987. The first kappa shape index (κ1) is 11.8. The fourth-order valence-electron chi connectivity index (χ4n) is 0.0408. The average molecular weight is 132 g/mol. The molecule has 0 aromatic heterocycles. The zero-order chi connectivity index (χ0) is 7.54. The number of rotatable bonds is 3. The molecular weight excluding hydrogens is 118 g/mol. The normalized spacial score (nSPS) is 7.11. The molecule has 9 heavy (non-hydrogen) atoms. The van der Waals surface area contributed by atoms with Gasteiger partial charge in [-0.1, -0.05) is 26.7 Å². The van der Waals surface area contributed by atoms with E-state index in [4.69, 9.17) is 10.0 Å². The summed E-state index contributed by atoms with van der Waals surface area (Å²) in [6.45, 7) is 4.36. The van der Waals surface area contributed by atoms with E-state index in [1.54, 1.807) is 0 Å². The van der Waals surface area contributed by atoms with Gasteiger partial charge in [0.1, 0.15) is 0 Å². The Balaban J connectivity index is 0. The topological polar surface area (TPSA) is 49.7 Å². The van der Waals surface area contributed by atoms with Crippen LogP contribution in [0.5, 0.6) is 0 Å². The highest BCUT2D eigenvalue weighted by Crippen LogP contribution is 1.76. The molecule has 0 aliphatic carbocycles. The quantitative estimate of drug-likeness (QED) is 0.500. The van der Waals surface area contributed by atoms with E-state index in [0.717, 1.165) is 0 Å². The molecule has 0 fully saturated rings. The van der Waals surface area contributed by atoms with Gasteiger partial charge in [0.15, 0.2) is 0 Å². The van der Waals surface area contributed by atoms with E-state index < -0.39 is 15.4 Å². The maximum atomic E-state index is 7.68. The third-order valence-corrected chi connectivity index (χ3v) is 0.683. The third kappa shape index (κ3) is 31.9. The van der Waals surface area contributed by atoms with Crippen molar-refractivity contribution in [2.24, 2.45) is 0 Å². The van der Waals surface area contributed by atoms with Crippen molar-refractivity contribution < 1.29 is 14.6 Å². The van der Waals surface area contributed by atoms with Crippen LogP contribution in [0.15, 0.2) is 0 Å². The van der Waals surface area contributed by atoms with E-state index in [9.17, 15) is 0 Å². The van der Waals surface area contributed by atoms with E-state index in [1.165, 1.54) is 12.8 Å². The van der Waals surface area contributed by atoms with Crippen LogP contribution in [0.4, 0.5) is 0 Å². The van der Waals surface area contributed by atoms with Gasteiger partial charge in [0.2, 0.25) is 0 Å². The van der Waals surface area contributed by atoms with Crippen LogP contribution in [0, 0.1) is 0 Å². The van der Waals surface area contributed by atoms with Gasteiger partial charge >= 0.3 is 15.4 Å². The van der Waals surface area contributed by atoms with Gasteiger partial charge < -0.3 is 14.6 Å². The summed E-state index contributed by atoms with van der Waals surface area (Å²) in [5.41, 5.74) is 0. The predicted octanol–water partition coefficient (Wildman–Crippen LogP) is -0.673. The highest BCUT2D eigenvalue weighted by molar-refractivity contribution is 6.32. The lowest BCUT2D eigenvalue weighted by atomic mass is 10.3. The largest absolute Gasteiger partial charge is 0.457 e. The Morgan fingerprint density at radius 1 is 1.11 bits per heavy atom. The molecule has 0 atom stereocenters. The summed E-state index contributed by atoms with van der Waals surface area (Å²) in [5.74, 6) is 0. The third-order valence-electron chi connectivity index (χ3n) is 0.683. The van der Waals surface area contributed by atoms with Crippen LogP contribution in [-0.4, -0.2) is 25.4 Å². The van der Waals surface area contributed by atoms with Crippen molar-refractivity contribution in [1.82, 2.24) is 0 Å². The highest BCUT2D eigenvalue weighted by Gasteiger charge is 1.77. The average Bonchev–Trinajstić information content (AvgIpc) is 1.91. The van der Waals surface area contributed by atoms with Crippen molar-refractivity contribution in [2.45, 2.75) is 26.7 Å². The van der Waals surface area contributed by atoms with Crippen molar-refractivity contribution in [3.05, 3.63) is 0 Å². The fraction of sp³-hybridized carbons (Fsp3) is 1.00. The fourth-order valence-corrected chi connectivity index (χ4v) is 0.0408. The SMILES string of the molecule is CCCC.OBOBO. The van der Waals surface area contributed by atoms with Crippen LogP contribution in [0.2, 0.25) is 0 Å². The molecule has 0 unspecified atom stereocenters. The van der Waals surface area contributed by atoms with Crippen molar-refractivity contribution >= 4 is 15.4 Å². The maximum Gasteiger partial charge on any atom is 0.421 e. The van der Waals surface area contributed by atoms with Gasteiger partial charge in [-0.15, -0.1) is 0 Å². The van der Waals surface area contributed by atoms with Crippen LogP contribution in [0.3, 0.4) is 0 Å². The van der Waals surface area contributed by atoms with Crippen molar-refractivity contribution in [3.63, 3.8) is 0 Å². The van der Waals surface area contributed by atoms with E-state index in [2.05, 4.69) is 18.4 Å². The number of unbranched alkanes of at least 4 members (excludes halogenated alkanes) is 1. The van der Waals surface area contributed by atoms with E-state index >= 15 is 0 Å². The van der Waals surface area contributed by atoms with E-state index in [-0.39, 0.29) is 0 Å². The van der Waals surface area contributed by atoms with Gasteiger partial charge in [-0.3, -0.25) is 0 Å². The standard InChI is InChI=1S/C4H10.B2H4O3/c1-3-4-2;3-1-5-2-4/h3-4H2,1-2H3;1-4H. The molecule has 0 radical (unpaired) electrons. The second-order valence-electron chi connectivity index (χ2n) is 1.46. The smallest absolute Gasteiger partial charge is 0.421 e. The first-order valence-corrected chi connectivity index (χ1v) is 3.12. The highest BCUT2D eigenvalue weighted by atomic mass is 16.5. The monoisotopic (exact) mass is 132 g/mol. The van der Waals surface area contributed by atoms with Crippen LogP contribution < -0.4 is 0 Å². The lowest BCUT2D eigenvalue weighted by molar-refractivity contribution is 0.408. The predicted molar refractivity (Wildman–Crippen MR) is 40.4 cm³/mol. The van der Waals surface area contributed by atoms with Gasteiger partial charge in [-0.05, 0) is 0 Å². The minimum absolute atomic E-state index is 0.406. The second kappa shape index (κ2) is 15.7. The summed E-state index contributed by atoms with van der Waals surface area (Å²) in [5, 5.41) is 15.4. The molecule has 0 aromatic rings. The lowest BCUT2D eigenvalue weighted by Gasteiger charge is -1.80. The zero-order valence-electron chi connectivity index (χ0n) is 6.13. The lowest BCUT2D eigenvalue weighted by Crippen LogP contribution is -2.00. The number of hydrogen-bond donors (Lipinski definition) is 2. The molecule has 0 spiro atoms. The maximum absolute atomic E-state index is 7.68. The number of hydrogen-bond acceptors (Lipinski definition) is 3. The van der Waals surface area contributed by atoms with Gasteiger partial charge in [-0.2, -0.15) is 0 Å². The Morgan fingerprint density at radius 3 is 1.44 bits per heavy atom. The Labute approximate surface area is 57.7 Å². The molecule has 0 aromatic carbocycles. The minimum Gasteiger partial charge on any atom is -0.457 e. The van der Waals surface area contributed by atoms with E-state index in [0.29, 0.717) is 0 Å². The van der Waals surface area contributed by atoms with Gasteiger partial charge in [0.05, 0.1) is 0 Å². The Bertz CT molecular complexity index is 33.0. The molecule has 0 rings (SSSR count). The van der Waals surface area contributed by atoms with Crippen LogP contribution in [0.1, 0.15) is 26.7 Å². The van der Waals surface area contributed by atoms with Crippen LogP contribution in [0.25, 0.3) is 0 Å². The van der Waals surface area contributed by atoms with Gasteiger partial charge in [0.25, 0.3) is 0 Å². The molecule has 0 amide bonds. The molecule has 0 saturated carbocycles. The van der Waals surface area contributed by atoms with Gasteiger partial charge in [0, 0.05) is 0 Å². The first-order valence-electron chi connectivity index (χ1n) is 3.12. The molecular formula is C4H14B2O3. The Kier molecular flexibility index (Phi) is 20.5. The molecule has 0 bridgehead atoms. The summed E-state index contributed by atoms with van der Waals surface area (Å²) in [6, 6.07) is 0. The van der Waals surface area contributed by atoms with Crippen molar-refractivity contribution in [1.29, 1.82) is 0 Å². The Morgan fingerprint density at radius 2 is 1.44 bits per heavy atom.